The molecule has 0 radical (unpaired) electrons. The Balaban J connectivity index is 2.21. The van der Waals surface area contributed by atoms with Crippen molar-refractivity contribution in [1.82, 2.24) is 10.3 Å². The molecule has 0 saturated carbocycles. The third-order valence-electron chi connectivity index (χ3n) is 2.93. The average Bonchev–Trinajstić information content (AvgIpc) is 2.47. The summed E-state index contributed by atoms with van der Waals surface area (Å²) in [4.78, 5) is 4.43. The number of rotatable bonds is 7. The Bertz CT molecular complexity index is 585. The number of benzene rings is 1. The SMILES string of the molecule is CCNCc1cc(C)nc(Oc2ccccc2OCC)c1. The van der Waals surface area contributed by atoms with Crippen LogP contribution in [0.1, 0.15) is 25.1 Å². The molecule has 0 fully saturated rings. The van der Waals surface area contributed by atoms with Crippen molar-refractivity contribution in [2.75, 3.05) is 13.2 Å². The molecule has 2 rings (SSSR count). The van der Waals surface area contributed by atoms with Gasteiger partial charge in [-0.25, -0.2) is 4.98 Å². The highest BCUT2D eigenvalue weighted by atomic mass is 16.5. The van der Waals surface area contributed by atoms with Gasteiger partial charge < -0.3 is 14.8 Å². The molecule has 1 aromatic carbocycles. The maximum absolute atomic E-state index is 5.90. The number of pyridine rings is 1. The minimum Gasteiger partial charge on any atom is -0.490 e. The molecule has 112 valence electrons. The second-order valence-corrected chi connectivity index (χ2v) is 4.72. The van der Waals surface area contributed by atoms with Crippen LogP contribution in [0.3, 0.4) is 0 Å². The summed E-state index contributed by atoms with van der Waals surface area (Å²) in [5.74, 6) is 2.01. The van der Waals surface area contributed by atoms with Crippen molar-refractivity contribution in [3.8, 4) is 17.4 Å². The van der Waals surface area contributed by atoms with Crippen molar-refractivity contribution in [2.45, 2.75) is 27.3 Å². The van der Waals surface area contributed by atoms with Crippen LogP contribution in [0.4, 0.5) is 0 Å². The van der Waals surface area contributed by atoms with Crippen LogP contribution >= 0.6 is 0 Å². The second-order valence-electron chi connectivity index (χ2n) is 4.72. The summed E-state index contributed by atoms with van der Waals surface area (Å²) in [6.45, 7) is 8.36. The van der Waals surface area contributed by atoms with Crippen molar-refractivity contribution >= 4 is 0 Å². The molecule has 21 heavy (non-hydrogen) atoms. The van der Waals surface area contributed by atoms with Gasteiger partial charge in [-0.05, 0) is 44.2 Å². The van der Waals surface area contributed by atoms with Crippen LogP contribution in [0.5, 0.6) is 17.4 Å². The van der Waals surface area contributed by atoms with Gasteiger partial charge in [0.25, 0.3) is 0 Å². The summed E-state index contributed by atoms with van der Waals surface area (Å²) in [5, 5.41) is 3.31. The zero-order valence-electron chi connectivity index (χ0n) is 12.8. The number of ether oxygens (including phenoxy) is 2. The monoisotopic (exact) mass is 286 g/mol. The van der Waals surface area contributed by atoms with Gasteiger partial charge >= 0.3 is 0 Å². The largest absolute Gasteiger partial charge is 0.490 e. The summed E-state index contributed by atoms with van der Waals surface area (Å²) >= 11 is 0. The van der Waals surface area contributed by atoms with Gasteiger partial charge in [-0.15, -0.1) is 0 Å². The van der Waals surface area contributed by atoms with E-state index in [0.717, 1.165) is 30.1 Å². The predicted octanol–water partition coefficient (Wildman–Crippen LogP) is 3.69. The van der Waals surface area contributed by atoms with E-state index in [4.69, 9.17) is 9.47 Å². The van der Waals surface area contributed by atoms with E-state index in [-0.39, 0.29) is 0 Å². The molecule has 0 amide bonds. The molecule has 2 aromatic rings. The van der Waals surface area contributed by atoms with Gasteiger partial charge in [0.05, 0.1) is 6.61 Å². The Hall–Kier alpha value is -2.07. The van der Waals surface area contributed by atoms with Gasteiger partial charge in [0.15, 0.2) is 11.5 Å². The number of hydrogen-bond donors (Lipinski definition) is 1. The van der Waals surface area contributed by atoms with Gasteiger partial charge in [0, 0.05) is 18.3 Å². The lowest BCUT2D eigenvalue weighted by Gasteiger charge is -2.12. The molecule has 0 bridgehead atoms. The quantitative estimate of drug-likeness (QED) is 0.843. The Morgan fingerprint density at radius 2 is 1.86 bits per heavy atom. The van der Waals surface area contributed by atoms with Crippen LogP contribution in [0.15, 0.2) is 36.4 Å². The molecule has 1 heterocycles. The van der Waals surface area contributed by atoms with Gasteiger partial charge in [0.1, 0.15) is 0 Å². The molecule has 4 heteroatoms. The fraction of sp³-hybridized carbons (Fsp3) is 0.353. The smallest absolute Gasteiger partial charge is 0.219 e. The molecule has 0 saturated heterocycles. The fourth-order valence-electron chi connectivity index (χ4n) is 2.05. The number of aryl methyl sites for hydroxylation is 1. The number of para-hydroxylation sites is 2. The van der Waals surface area contributed by atoms with E-state index in [2.05, 4.69) is 23.3 Å². The fourth-order valence-corrected chi connectivity index (χ4v) is 2.05. The third-order valence-corrected chi connectivity index (χ3v) is 2.93. The third kappa shape index (κ3) is 4.46. The van der Waals surface area contributed by atoms with Crippen LogP contribution in [-0.4, -0.2) is 18.1 Å². The zero-order chi connectivity index (χ0) is 15.1. The van der Waals surface area contributed by atoms with Gasteiger partial charge in [0.2, 0.25) is 5.88 Å². The zero-order valence-corrected chi connectivity index (χ0v) is 12.8. The van der Waals surface area contributed by atoms with E-state index in [1.807, 2.05) is 44.2 Å². The molecule has 1 aromatic heterocycles. The molecule has 0 atom stereocenters. The van der Waals surface area contributed by atoms with Crippen molar-refractivity contribution < 1.29 is 9.47 Å². The van der Waals surface area contributed by atoms with Gasteiger partial charge in [-0.1, -0.05) is 19.1 Å². The maximum Gasteiger partial charge on any atom is 0.219 e. The van der Waals surface area contributed by atoms with Crippen LogP contribution in [0, 0.1) is 6.92 Å². The summed E-state index contributed by atoms with van der Waals surface area (Å²) < 4.78 is 11.5. The van der Waals surface area contributed by atoms with Crippen molar-refractivity contribution in [3.05, 3.63) is 47.7 Å². The highest BCUT2D eigenvalue weighted by Gasteiger charge is 2.07. The molecule has 0 spiro atoms. The van der Waals surface area contributed by atoms with Crippen molar-refractivity contribution in [1.29, 1.82) is 0 Å². The summed E-state index contributed by atoms with van der Waals surface area (Å²) in [5.41, 5.74) is 2.10. The van der Waals surface area contributed by atoms with Crippen molar-refractivity contribution in [2.24, 2.45) is 0 Å². The number of nitrogens with zero attached hydrogens (tertiary/aromatic N) is 1. The molecular formula is C17H22N2O2. The lowest BCUT2D eigenvalue weighted by atomic mass is 10.2. The van der Waals surface area contributed by atoms with E-state index < -0.39 is 0 Å². The first-order valence-corrected chi connectivity index (χ1v) is 7.31. The first-order valence-electron chi connectivity index (χ1n) is 7.31. The molecular weight excluding hydrogens is 264 g/mol. The van der Waals surface area contributed by atoms with Gasteiger partial charge in [-0.3, -0.25) is 0 Å². The minimum atomic E-state index is 0.593. The predicted molar refractivity (Wildman–Crippen MR) is 84.0 cm³/mol. The minimum absolute atomic E-state index is 0.593. The topological polar surface area (TPSA) is 43.4 Å². The van der Waals surface area contributed by atoms with E-state index >= 15 is 0 Å². The molecule has 0 aliphatic heterocycles. The van der Waals surface area contributed by atoms with Crippen molar-refractivity contribution in [3.63, 3.8) is 0 Å². The second kappa shape index (κ2) is 7.64. The lowest BCUT2D eigenvalue weighted by molar-refractivity contribution is 0.319. The highest BCUT2D eigenvalue weighted by molar-refractivity contribution is 5.42. The molecule has 1 N–H and O–H groups in total. The summed E-state index contributed by atoms with van der Waals surface area (Å²) in [7, 11) is 0. The van der Waals surface area contributed by atoms with E-state index in [9.17, 15) is 0 Å². The summed E-state index contributed by atoms with van der Waals surface area (Å²) in [6.07, 6.45) is 0. The Labute approximate surface area is 126 Å². The van der Waals surface area contributed by atoms with Crippen LogP contribution in [-0.2, 0) is 6.54 Å². The van der Waals surface area contributed by atoms with E-state index in [1.165, 1.54) is 0 Å². The standard InChI is InChI=1S/C17H22N2O2/c1-4-18-12-14-10-13(3)19-17(11-14)21-16-9-7-6-8-15(16)20-5-2/h6-11,18H,4-5,12H2,1-3H3. The van der Waals surface area contributed by atoms with Crippen LogP contribution in [0.25, 0.3) is 0 Å². The Kier molecular flexibility index (Phi) is 5.58. The molecule has 0 unspecified atom stereocenters. The number of nitrogens with one attached hydrogen (secondary N) is 1. The number of aromatic nitrogens is 1. The first-order chi connectivity index (χ1) is 10.2. The lowest BCUT2D eigenvalue weighted by Crippen LogP contribution is -2.12. The highest BCUT2D eigenvalue weighted by Crippen LogP contribution is 2.30. The van der Waals surface area contributed by atoms with E-state index in [1.54, 1.807) is 0 Å². The molecule has 4 nitrogen and oxygen atoms in total. The average molecular weight is 286 g/mol. The Morgan fingerprint density at radius 1 is 1.10 bits per heavy atom. The first kappa shape index (κ1) is 15.3. The van der Waals surface area contributed by atoms with Crippen LogP contribution in [0.2, 0.25) is 0 Å². The Morgan fingerprint density at radius 3 is 2.57 bits per heavy atom. The summed E-state index contributed by atoms with van der Waals surface area (Å²) in [6, 6.07) is 11.7. The number of hydrogen-bond acceptors (Lipinski definition) is 4. The molecule has 0 aliphatic carbocycles. The molecule has 0 aliphatic rings. The van der Waals surface area contributed by atoms with E-state index in [0.29, 0.717) is 18.2 Å². The maximum atomic E-state index is 5.90. The van der Waals surface area contributed by atoms with Gasteiger partial charge in [-0.2, -0.15) is 0 Å². The normalized spacial score (nSPS) is 10.4. The van der Waals surface area contributed by atoms with Crippen LogP contribution < -0.4 is 14.8 Å².